The van der Waals surface area contributed by atoms with Crippen molar-refractivity contribution in [1.82, 2.24) is 0 Å². The predicted octanol–water partition coefficient (Wildman–Crippen LogP) is 2.81. The van der Waals surface area contributed by atoms with Crippen LogP contribution in [0.15, 0.2) is 54.1 Å². The summed E-state index contributed by atoms with van der Waals surface area (Å²) in [5.74, 6) is -1.55. The summed E-state index contributed by atoms with van der Waals surface area (Å²) >= 11 is 0. The molecule has 96 valence electrons. The van der Waals surface area contributed by atoms with Crippen LogP contribution in [0.5, 0.6) is 0 Å². The van der Waals surface area contributed by atoms with Crippen molar-refractivity contribution < 1.29 is 14.7 Å². The highest BCUT2D eigenvalue weighted by molar-refractivity contribution is 6.10. The van der Waals surface area contributed by atoms with Gasteiger partial charge in [0, 0.05) is 22.7 Å². The van der Waals surface area contributed by atoms with Gasteiger partial charge in [-0.1, -0.05) is 36.4 Å². The van der Waals surface area contributed by atoms with E-state index in [9.17, 15) is 9.59 Å². The molecule has 0 fully saturated rings. The van der Waals surface area contributed by atoms with Gasteiger partial charge in [-0.05, 0) is 18.4 Å². The van der Waals surface area contributed by atoms with Gasteiger partial charge in [0.15, 0.2) is 0 Å². The molecule has 2 aromatic rings. The topological polar surface area (TPSA) is 66.4 Å². The first-order chi connectivity index (χ1) is 9.08. The Labute approximate surface area is 110 Å². The molecule has 2 N–H and O–H groups in total. The molecule has 0 aliphatic rings. The number of aliphatic carboxylic acids is 1. The Balaban J connectivity index is 2.32. The first-order valence-electron chi connectivity index (χ1n) is 5.78. The molecule has 0 radical (unpaired) electrons. The second kappa shape index (κ2) is 5.35. The second-order valence-corrected chi connectivity index (χ2v) is 4.15. The van der Waals surface area contributed by atoms with Crippen molar-refractivity contribution in [3.8, 4) is 0 Å². The number of carboxylic acid groups (broad SMARTS) is 1. The van der Waals surface area contributed by atoms with Crippen molar-refractivity contribution in [2.75, 3.05) is 5.32 Å². The average molecular weight is 255 g/mol. The highest BCUT2D eigenvalue weighted by Gasteiger charge is 2.08. The van der Waals surface area contributed by atoms with E-state index in [1.54, 1.807) is 6.07 Å². The molecule has 19 heavy (non-hydrogen) atoms. The van der Waals surface area contributed by atoms with Gasteiger partial charge in [0.1, 0.15) is 0 Å². The molecular weight excluding hydrogens is 242 g/mol. The van der Waals surface area contributed by atoms with E-state index in [4.69, 9.17) is 5.11 Å². The SMILES string of the molecule is C/C(=C/C(=O)O)C(=O)Nc1cccc2ccccc12. The fraction of sp³-hybridized carbons (Fsp3) is 0.0667. The van der Waals surface area contributed by atoms with Crippen LogP contribution in [-0.4, -0.2) is 17.0 Å². The van der Waals surface area contributed by atoms with E-state index in [2.05, 4.69) is 5.32 Å². The molecule has 4 heteroatoms. The maximum atomic E-state index is 11.8. The van der Waals surface area contributed by atoms with E-state index in [1.165, 1.54) is 6.92 Å². The Morgan fingerprint density at radius 2 is 1.79 bits per heavy atom. The number of fused-ring (bicyclic) bond motifs is 1. The Bertz CT molecular complexity index is 669. The van der Waals surface area contributed by atoms with Crippen LogP contribution in [0.1, 0.15) is 6.92 Å². The fourth-order valence-electron chi connectivity index (χ4n) is 1.81. The van der Waals surface area contributed by atoms with E-state index in [1.807, 2.05) is 36.4 Å². The summed E-state index contributed by atoms with van der Waals surface area (Å²) in [5.41, 5.74) is 0.821. The van der Waals surface area contributed by atoms with Gasteiger partial charge in [-0.25, -0.2) is 4.79 Å². The Hall–Kier alpha value is -2.62. The summed E-state index contributed by atoms with van der Waals surface area (Å²) in [6, 6.07) is 13.2. The minimum absolute atomic E-state index is 0.153. The molecule has 0 saturated carbocycles. The maximum Gasteiger partial charge on any atom is 0.328 e. The fourth-order valence-corrected chi connectivity index (χ4v) is 1.81. The molecule has 0 aliphatic carbocycles. The molecule has 2 aromatic carbocycles. The molecule has 0 atom stereocenters. The van der Waals surface area contributed by atoms with Gasteiger partial charge < -0.3 is 10.4 Å². The van der Waals surface area contributed by atoms with Crippen LogP contribution in [0.25, 0.3) is 10.8 Å². The monoisotopic (exact) mass is 255 g/mol. The number of benzene rings is 2. The number of anilines is 1. The van der Waals surface area contributed by atoms with Crippen LogP contribution in [0, 0.1) is 0 Å². The lowest BCUT2D eigenvalue weighted by Crippen LogP contribution is -2.14. The van der Waals surface area contributed by atoms with Gasteiger partial charge in [-0.15, -0.1) is 0 Å². The third kappa shape index (κ3) is 2.98. The van der Waals surface area contributed by atoms with Gasteiger partial charge >= 0.3 is 5.97 Å². The standard InChI is InChI=1S/C15H13NO3/c1-10(9-14(17)18)15(19)16-13-8-4-6-11-5-2-3-7-12(11)13/h2-9H,1H3,(H,16,19)(H,17,18)/b10-9-. The molecule has 0 unspecified atom stereocenters. The molecule has 4 nitrogen and oxygen atoms in total. The third-order valence-electron chi connectivity index (χ3n) is 2.74. The van der Waals surface area contributed by atoms with Crippen LogP contribution >= 0.6 is 0 Å². The highest BCUT2D eigenvalue weighted by atomic mass is 16.4. The summed E-state index contributed by atoms with van der Waals surface area (Å²) in [5, 5.41) is 13.3. The zero-order valence-electron chi connectivity index (χ0n) is 10.4. The highest BCUT2D eigenvalue weighted by Crippen LogP contribution is 2.23. The van der Waals surface area contributed by atoms with Crippen molar-refractivity contribution in [3.05, 3.63) is 54.1 Å². The molecular formula is C15H13NO3. The largest absolute Gasteiger partial charge is 0.478 e. The van der Waals surface area contributed by atoms with Crippen molar-refractivity contribution in [2.24, 2.45) is 0 Å². The van der Waals surface area contributed by atoms with Crippen molar-refractivity contribution in [1.29, 1.82) is 0 Å². The first-order valence-corrected chi connectivity index (χ1v) is 5.78. The van der Waals surface area contributed by atoms with Crippen LogP contribution in [0.4, 0.5) is 5.69 Å². The molecule has 0 aliphatic heterocycles. The molecule has 0 bridgehead atoms. The quantitative estimate of drug-likeness (QED) is 0.829. The van der Waals surface area contributed by atoms with E-state index < -0.39 is 11.9 Å². The summed E-state index contributed by atoms with van der Waals surface area (Å²) in [4.78, 5) is 22.4. The summed E-state index contributed by atoms with van der Waals surface area (Å²) in [7, 11) is 0. The lowest BCUT2D eigenvalue weighted by atomic mass is 10.1. The van der Waals surface area contributed by atoms with Gasteiger partial charge in [-0.2, -0.15) is 0 Å². The zero-order valence-corrected chi connectivity index (χ0v) is 10.4. The third-order valence-corrected chi connectivity index (χ3v) is 2.74. The minimum Gasteiger partial charge on any atom is -0.478 e. The Morgan fingerprint density at radius 3 is 2.53 bits per heavy atom. The lowest BCUT2D eigenvalue weighted by Gasteiger charge is -2.08. The summed E-state index contributed by atoms with van der Waals surface area (Å²) < 4.78 is 0. The van der Waals surface area contributed by atoms with E-state index >= 15 is 0 Å². The van der Waals surface area contributed by atoms with Crippen LogP contribution in [0.3, 0.4) is 0 Å². The van der Waals surface area contributed by atoms with Crippen LogP contribution in [-0.2, 0) is 9.59 Å². The van der Waals surface area contributed by atoms with E-state index in [-0.39, 0.29) is 5.57 Å². The van der Waals surface area contributed by atoms with Crippen molar-refractivity contribution >= 4 is 28.3 Å². The predicted molar refractivity (Wildman–Crippen MR) is 74.0 cm³/mol. The number of carbonyl (C=O) groups excluding carboxylic acids is 1. The molecule has 2 rings (SSSR count). The van der Waals surface area contributed by atoms with Gasteiger partial charge in [0.2, 0.25) is 0 Å². The smallest absolute Gasteiger partial charge is 0.328 e. The number of carbonyl (C=O) groups is 2. The molecule has 1 amide bonds. The average Bonchev–Trinajstić information content (AvgIpc) is 2.38. The first kappa shape index (κ1) is 12.8. The summed E-state index contributed by atoms with van der Waals surface area (Å²) in [6.07, 6.45) is 0.889. The number of hydrogen-bond donors (Lipinski definition) is 2. The second-order valence-electron chi connectivity index (χ2n) is 4.15. The molecule has 0 aromatic heterocycles. The van der Waals surface area contributed by atoms with Gasteiger partial charge in [0.25, 0.3) is 5.91 Å². The number of rotatable bonds is 3. The number of amides is 1. The van der Waals surface area contributed by atoms with Crippen LogP contribution < -0.4 is 5.32 Å². The normalized spacial score (nSPS) is 11.3. The number of carboxylic acids is 1. The number of hydrogen-bond acceptors (Lipinski definition) is 2. The van der Waals surface area contributed by atoms with Crippen molar-refractivity contribution in [3.63, 3.8) is 0 Å². The minimum atomic E-state index is -1.13. The lowest BCUT2D eigenvalue weighted by molar-refractivity contribution is -0.131. The molecule has 0 spiro atoms. The zero-order chi connectivity index (χ0) is 13.8. The molecule has 0 heterocycles. The van der Waals surface area contributed by atoms with Crippen LogP contribution in [0.2, 0.25) is 0 Å². The summed E-state index contributed by atoms with van der Waals surface area (Å²) in [6.45, 7) is 1.47. The Morgan fingerprint density at radius 1 is 1.11 bits per heavy atom. The Kier molecular flexibility index (Phi) is 3.61. The van der Waals surface area contributed by atoms with E-state index in [0.29, 0.717) is 5.69 Å². The van der Waals surface area contributed by atoms with Crippen molar-refractivity contribution in [2.45, 2.75) is 6.92 Å². The van der Waals surface area contributed by atoms with E-state index in [0.717, 1.165) is 16.8 Å². The van der Waals surface area contributed by atoms with Gasteiger partial charge in [0.05, 0.1) is 0 Å². The van der Waals surface area contributed by atoms with Gasteiger partial charge in [-0.3, -0.25) is 4.79 Å². The molecule has 0 saturated heterocycles. The number of nitrogens with one attached hydrogen (secondary N) is 1. The maximum absolute atomic E-state index is 11.8.